The third-order valence-electron chi connectivity index (χ3n) is 7.59. The van der Waals surface area contributed by atoms with Gasteiger partial charge in [-0.15, -0.1) is 0 Å². The van der Waals surface area contributed by atoms with Gasteiger partial charge in [0, 0.05) is 37.0 Å². The number of nitrogen functional groups attached to an aromatic ring is 1. The summed E-state index contributed by atoms with van der Waals surface area (Å²) in [5.74, 6) is 1.46. The Kier molecular flexibility index (Phi) is 6.99. The van der Waals surface area contributed by atoms with Crippen molar-refractivity contribution in [1.29, 1.82) is 0 Å². The Balaban J connectivity index is 1.47. The van der Waals surface area contributed by atoms with Crippen LogP contribution in [0.15, 0.2) is 24.3 Å². The summed E-state index contributed by atoms with van der Waals surface area (Å²) in [6.07, 6.45) is 7.90. The van der Waals surface area contributed by atoms with Crippen molar-refractivity contribution >= 4 is 17.4 Å². The highest BCUT2D eigenvalue weighted by molar-refractivity contribution is 5.89. The van der Waals surface area contributed by atoms with Crippen LogP contribution in [0.3, 0.4) is 0 Å². The minimum absolute atomic E-state index is 0.0332. The molecule has 0 radical (unpaired) electrons. The molecule has 7 heteroatoms. The second kappa shape index (κ2) is 10.3. The number of rotatable bonds is 8. The van der Waals surface area contributed by atoms with Gasteiger partial charge >= 0.3 is 6.01 Å². The summed E-state index contributed by atoms with van der Waals surface area (Å²) < 4.78 is 5.85. The van der Waals surface area contributed by atoms with Crippen molar-refractivity contribution in [3.05, 3.63) is 41.0 Å². The third-order valence-corrected chi connectivity index (χ3v) is 7.59. The lowest BCUT2D eigenvalue weighted by Gasteiger charge is -2.32. The summed E-state index contributed by atoms with van der Waals surface area (Å²) in [5.41, 5.74) is 9.73. The van der Waals surface area contributed by atoms with Crippen LogP contribution in [0.2, 0.25) is 0 Å². The van der Waals surface area contributed by atoms with Gasteiger partial charge in [-0.1, -0.05) is 44.0 Å². The van der Waals surface area contributed by atoms with Crippen molar-refractivity contribution in [2.45, 2.75) is 77.4 Å². The predicted molar refractivity (Wildman–Crippen MR) is 134 cm³/mol. The molecule has 3 aliphatic rings. The Labute approximate surface area is 202 Å². The molecule has 182 valence electrons. The number of nitrogens with zero attached hydrogens (tertiary/aromatic N) is 4. The summed E-state index contributed by atoms with van der Waals surface area (Å²) in [7, 11) is 0. The fourth-order valence-corrected chi connectivity index (χ4v) is 5.81. The molecule has 2 N–H and O–H groups in total. The number of ketones is 1. The number of Topliss-reactive ketones (excluding diaryl/α,β-unsaturated/α-hetero) is 1. The number of carbonyl (C=O) groups is 1. The number of benzene rings is 1. The van der Waals surface area contributed by atoms with Crippen molar-refractivity contribution in [2.24, 2.45) is 5.92 Å². The number of carbonyl (C=O) groups excluding carboxylic acids is 1. The molecule has 7 nitrogen and oxygen atoms in total. The molecule has 2 unspecified atom stereocenters. The van der Waals surface area contributed by atoms with Crippen molar-refractivity contribution < 1.29 is 9.53 Å². The van der Waals surface area contributed by atoms with E-state index in [1.165, 1.54) is 37.1 Å². The highest BCUT2D eigenvalue weighted by atomic mass is 16.5. The maximum Gasteiger partial charge on any atom is 0.320 e. The van der Waals surface area contributed by atoms with E-state index in [1.54, 1.807) is 0 Å². The first-order valence-electron chi connectivity index (χ1n) is 13.0. The largest absolute Gasteiger partial charge is 0.463 e. The minimum atomic E-state index is 0.0332. The predicted octanol–water partition coefficient (Wildman–Crippen LogP) is 4.13. The van der Waals surface area contributed by atoms with Gasteiger partial charge in [0.25, 0.3) is 0 Å². The minimum Gasteiger partial charge on any atom is -0.463 e. The van der Waals surface area contributed by atoms with Gasteiger partial charge in [-0.05, 0) is 56.3 Å². The number of likely N-dealkylation sites (tertiary alicyclic amines) is 1. The molecule has 1 aliphatic carbocycles. The first-order chi connectivity index (χ1) is 16.6. The molecule has 1 aromatic carbocycles. The Morgan fingerprint density at radius 3 is 2.68 bits per heavy atom. The van der Waals surface area contributed by atoms with Crippen LogP contribution < -0.4 is 15.4 Å². The van der Waals surface area contributed by atoms with Gasteiger partial charge in [0.05, 0.1) is 6.61 Å². The van der Waals surface area contributed by atoms with Crippen LogP contribution in [-0.4, -0.2) is 46.4 Å². The van der Waals surface area contributed by atoms with Gasteiger partial charge < -0.3 is 15.4 Å². The number of anilines is 2. The summed E-state index contributed by atoms with van der Waals surface area (Å²) in [6, 6.07) is 9.35. The number of hydrogen-bond donors (Lipinski definition) is 1. The highest BCUT2D eigenvalue weighted by Crippen LogP contribution is 2.41. The monoisotopic (exact) mass is 463 g/mol. The number of nitrogens with two attached hydrogens (primary N) is 1. The molecule has 2 aliphatic heterocycles. The molecule has 2 fully saturated rings. The van der Waals surface area contributed by atoms with E-state index in [4.69, 9.17) is 15.5 Å². The molecule has 2 aromatic rings. The van der Waals surface area contributed by atoms with E-state index in [-0.39, 0.29) is 17.7 Å². The Hall–Kier alpha value is -2.67. The highest BCUT2D eigenvalue weighted by Gasteiger charge is 2.41. The van der Waals surface area contributed by atoms with Crippen LogP contribution in [0, 0.1) is 5.92 Å². The van der Waals surface area contributed by atoms with E-state index in [9.17, 15) is 4.79 Å². The standard InChI is InChI=1S/C27H37N5O2/c1-2-3-14-34-27-29-25(28)22-16-24(33)21-10-7-11-23(21)32(26(22)30-27)18-20-9-6-8-19(15-20)17-31-12-4-5-13-31/h6,8-9,15,21,23H,2-5,7,10-14,16-18H2,1H3,(H2,28,29,30). The lowest BCUT2D eigenvalue weighted by atomic mass is 9.95. The number of unbranched alkanes of at least 4 members (excludes halogenated alkanes) is 1. The van der Waals surface area contributed by atoms with Gasteiger partial charge in [0.15, 0.2) is 0 Å². The van der Waals surface area contributed by atoms with E-state index in [0.29, 0.717) is 31.4 Å². The summed E-state index contributed by atoms with van der Waals surface area (Å²) in [4.78, 5) is 27.3. The smallest absolute Gasteiger partial charge is 0.320 e. The normalized spacial score (nSPS) is 22.5. The number of hydrogen-bond acceptors (Lipinski definition) is 7. The van der Waals surface area contributed by atoms with E-state index in [2.05, 4.69) is 46.0 Å². The van der Waals surface area contributed by atoms with Crippen LogP contribution in [0.4, 0.5) is 11.6 Å². The van der Waals surface area contributed by atoms with Crippen LogP contribution in [0.25, 0.3) is 0 Å². The van der Waals surface area contributed by atoms with Gasteiger partial charge in [-0.2, -0.15) is 9.97 Å². The number of ether oxygens (including phenoxy) is 1. The number of fused-ring (bicyclic) bond motifs is 2. The van der Waals surface area contributed by atoms with E-state index < -0.39 is 0 Å². The second-order valence-corrected chi connectivity index (χ2v) is 10.1. The zero-order valence-corrected chi connectivity index (χ0v) is 20.3. The molecular formula is C27H37N5O2. The fourth-order valence-electron chi connectivity index (χ4n) is 5.81. The maximum absolute atomic E-state index is 13.2. The molecule has 34 heavy (non-hydrogen) atoms. The van der Waals surface area contributed by atoms with Gasteiger partial charge in [0.2, 0.25) is 0 Å². The Morgan fingerprint density at radius 1 is 1.09 bits per heavy atom. The molecule has 0 bridgehead atoms. The second-order valence-electron chi connectivity index (χ2n) is 10.1. The van der Waals surface area contributed by atoms with E-state index in [1.807, 2.05) is 0 Å². The topological polar surface area (TPSA) is 84.6 Å². The Bertz CT molecular complexity index is 1020. The first kappa shape index (κ1) is 23.1. The van der Waals surface area contributed by atoms with Crippen LogP contribution in [0.5, 0.6) is 6.01 Å². The zero-order valence-electron chi connectivity index (χ0n) is 20.3. The van der Waals surface area contributed by atoms with E-state index in [0.717, 1.165) is 50.0 Å². The maximum atomic E-state index is 13.2. The molecule has 3 heterocycles. The lowest BCUT2D eigenvalue weighted by Crippen LogP contribution is -2.39. The summed E-state index contributed by atoms with van der Waals surface area (Å²) >= 11 is 0. The molecule has 1 aromatic heterocycles. The quantitative estimate of drug-likeness (QED) is 0.589. The molecular weight excluding hydrogens is 426 g/mol. The Morgan fingerprint density at radius 2 is 1.88 bits per heavy atom. The molecule has 1 saturated heterocycles. The van der Waals surface area contributed by atoms with Crippen LogP contribution in [-0.2, 0) is 24.3 Å². The van der Waals surface area contributed by atoms with Crippen LogP contribution >= 0.6 is 0 Å². The zero-order chi connectivity index (χ0) is 23.5. The lowest BCUT2D eigenvalue weighted by molar-refractivity contribution is -0.122. The molecule has 1 saturated carbocycles. The first-order valence-corrected chi connectivity index (χ1v) is 13.0. The number of aromatic nitrogens is 2. The molecule has 0 amide bonds. The SMILES string of the molecule is CCCCOc1nc(N)c2c(n1)N(Cc1cccc(CN3CCCC3)c1)C1CCCC1C(=O)C2. The average Bonchev–Trinajstić information content (AvgIpc) is 3.50. The van der Waals surface area contributed by atoms with Crippen molar-refractivity contribution in [3.63, 3.8) is 0 Å². The average molecular weight is 464 g/mol. The molecule has 0 spiro atoms. The van der Waals surface area contributed by atoms with Gasteiger partial charge in [-0.3, -0.25) is 9.69 Å². The van der Waals surface area contributed by atoms with E-state index >= 15 is 0 Å². The van der Waals surface area contributed by atoms with Crippen molar-refractivity contribution in [3.8, 4) is 6.01 Å². The van der Waals surface area contributed by atoms with Crippen molar-refractivity contribution in [2.75, 3.05) is 30.3 Å². The summed E-state index contributed by atoms with van der Waals surface area (Å²) in [5, 5.41) is 0. The molecule has 5 rings (SSSR count). The van der Waals surface area contributed by atoms with Gasteiger partial charge in [0.1, 0.15) is 17.4 Å². The molecule has 2 atom stereocenters. The van der Waals surface area contributed by atoms with Crippen LogP contribution in [0.1, 0.15) is 68.6 Å². The summed E-state index contributed by atoms with van der Waals surface area (Å²) in [6.45, 7) is 6.78. The van der Waals surface area contributed by atoms with Crippen molar-refractivity contribution in [1.82, 2.24) is 14.9 Å². The fraction of sp³-hybridized carbons (Fsp3) is 0.593. The van der Waals surface area contributed by atoms with Gasteiger partial charge in [-0.25, -0.2) is 0 Å². The third kappa shape index (κ3) is 4.90.